The van der Waals surface area contributed by atoms with Gasteiger partial charge in [-0.2, -0.15) is 4.31 Å². The molecule has 20 heavy (non-hydrogen) atoms. The van der Waals surface area contributed by atoms with E-state index >= 15 is 0 Å². The Morgan fingerprint density at radius 1 is 1.30 bits per heavy atom. The predicted molar refractivity (Wildman–Crippen MR) is 77.9 cm³/mol. The Kier molecular flexibility index (Phi) is 6.09. The zero-order chi connectivity index (χ0) is 15.5. The minimum Gasteiger partial charge on any atom is -0.207 e. The van der Waals surface area contributed by atoms with E-state index in [0.717, 1.165) is 12.5 Å². The Bertz CT molecular complexity index is 555. The minimum absolute atomic E-state index is 0.0994. The number of benzene rings is 1. The highest BCUT2D eigenvalue weighted by Gasteiger charge is 2.30. The summed E-state index contributed by atoms with van der Waals surface area (Å²) in [6.07, 6.45) is 0.819. The molecule has 1 rings (SSSR count). The first-order valence-electron chi connectivity index (χ1n) is 6.38. The van der Waals surface area contributed by atoms with Crippen molar-refractivity contribution in [1.82, 2.24) is 4.31 Å². The molecule has 1 atom stereocenters. The Hall–Kier alpha value is -0.530. The van der Waals surface area contributed by atoms with Crippen LogP contribution in [0.4, 0.5) is 8.78 Å². The van der Waals surface area contributed by atoms with Crippen molar-refractivity contribution in [2.24, 2.45) is 5.92 Å². The average Bonchev–Trinajstić information content (AvgIpc) is 2.33. The largest absolute Gasteiger partial charge is 0.247 e. The van der Waals surface area contributed by atoms with Crippen LogP contribution in [0.5, 0.6) is 0 Å². The third kappa shape index (κ3) is 3.77. The molecule has 1 aromatic carbocycles. The third-order valence-corrected chi connectivity index (χ3v) is 6.03. The van der Waals surface area contributed by atoms with Gasteiger partial charge in [0.1, 0.15) is 16.5 Å². The lowest BCUT2D eigenvalue weighted by molar-refractivity contribution is 0.359. The van der Waals surface area contributed by atoms with Crippen LogP contribution in [0.1, 0.15) is 27.2 Å². The molecule has 0 aliphatic heterocycles. The Labute approximate surface area is 127 Å². The van der Waals surface area contributed by atoms with Gasteiger partial charge >= 0.3 is 0 Å². The van der Waals surface area contributed by atoms with Crippen LogP contribution < -0.4 is 0 Å². The van der Waals surface area contributed by atoms with Gasteiger partial charge in [-0.15, -0.1) is 0 Å². The summed E-state index contributed by atoms with van der Waals surface area (Å²) in [7, 11) is -3.99. The summed E-state index contributed by atoms with van der Waals surface area (Å²) in [6.45, 7) is 6.11. The van der Waals surface area contributed by atoms with Gasteiger partial charge in [-0.3, -0.25) is 0 Å². The van der Waals surface area contributed by atoms with Crippen LogP contribution in [0, 0.1) is 17.6 Å². The van der Waals surface area contributed by atoms with E-state index < -0.39 is 26.6 Å². The molecule has 0 bridgehead atoms. The first kappa shape index (κ1) is 17.5. The van der Waals surface area contributed by atoms with Crippen molar-refractivity contribution in [3.8, 4) is 0 Å². The minimum atomic E-state index is -3.99. The van der Waals surface area contributed by atoms with E-state index in [2.05, 4.69) is 15.9 Å². The van der Waals surface area contributed by atoms with Crippen LogP contribution in [0.25, 0.3) is 0 Å². The monoisotopic (exact) mass is 369 g/mol. The molecule has 0 N–H and O–H groups in total. The number of nitrogens with zero attached hydrogens (tertiary/aromatic N) is 1. The van der Waals surface area contributed by atoms with Gasteiger partial charge in [0.05, 0.1) is 0 Å². The fraction of sp³-hybridized carbons (Fsp3) is 0.538. The lowest BCUT2D eigenvalue weighted by Gasteiger charge is -2.24. The topological polar surface area (TPSA) is 37.4 Å². The molecule has 0 radical (unpaired) electrons. The van der Waals surface area contributed by atoms with Gasteiger partial charge in [-0.25, -0.2) is 17.2 Å². The Balaban J connectivity index is 3.28. The number of hydrogen-bond donors (Lipinski definition) is 0. The van der Waals surface area contributed by atoms with Crippen LogP contribution in [0.3, 0.4) is 0 Å². The molecule has 0 amide bonds. The molecule has 0 aliphatic carbocycles. The van der Waals surface area contributed by atoms with Crippen LogP contribution in [0.15, 0.2) is 21.5 Å². The summed E-state index contributed by atoms with van der Waals surface area (Å²) in [6, 6.07) is 1.53. The van der Waals surface area contributed by atoms with Gasteiger partial charge in [-0.1, -0.05) is 27.2 Å². The summed E-state index contributed by atoms with van der Waals surface area (Å²) < 4.78 is 53.0. The van der Waals surface area contributed by atoms with Gasteiger partial charge in [-0.05, 0) is 27.9 Å². The highest BCUT2D eigenvalue weighted by atomic mass is 79.9. The zero-order valence-corrected chi connectivity index (χ0v) is 14.1. The molecule has 0 saturated carbocycles. The van der Waals surface area contributed by atoms with Crippen molar-refractivity contribution in [2.75, 3.05) is 13.1 Å². The molecule has 0 aliphatic rings. The van der Waals surface area contributed by atoms with Crippen molar-refractivity contribution < 1.29 is 17.2 Å². The summed E-state index contributed by atoms with van der Waals surface area (Å²) in [5.74, 6) is -1.75. The second-order valence-electron chi connectivity index (χ2n) is 4.67. The van der Waals surface area contributed by atoms with Crippen molar-refractivity contribution in [2.45, 2.75) is 32.1 Å². The van der Waals surface area contributed by atoms with Gasteiger partial charge in [0.15, 0.2) is 0 Å². The maximum atomic E-state index is 13.8. The van der Waals surface area contributed by atoms with Crippen molar-refractivity contribution in [3.63, 3.8) is 0 Å². The fourth-order valence-electron chi connectivity index (χ4n) is 1.78. The lowest BCUT2D eigenvalue weighted by Crippen LogP contribution is -2.35. The Morgan fingerprint density at radius 2 is 1.90 bits per heavy atom. The third-order valence-electron chi connectivity index (χ3n) is 3.13. The normalized spacial score (nSPS) is 13.8. The molecular formula is C13H18BrF2NO2S. The summed E-state index contributed by atoms with van der Waals surface area (Å²) in [5.41, 5.74) is 0. The Morgan fingerprint density at radius 3 is 2.35 bits per heavy atom. The van der Waals surface area contributed by atoms with Crippen LogP contribution in [-0.2, 0) is 10.0 Å². The van der Waals surface area contributed by atoms with Gasteiger partial charge in [0, 0.05) is 23.6 Å². The second-order valence-corrected chi connectivity index (χ2v) is 7.40. The number of sulfonamides is 1. The molecule has 114 valence electrons. The molecule has 0 spiro atoms. The second kappa shape index (κ2) is 6.95. The lowest BCUT2D eigenvalue weighted by atomic mass is 10.1. The van der Waals surface area contributed by atoms with E-state index in [0.29, 0.717) is 12.6 Å². The molecule has 0 saturated heterocycles. The van der Waals surface area contributed by atoms with Gasteiger partial charge in [0.2, 0.25) is 10.0 Å². The molecule has 7 heteroatoms. The number of halogens is 3. The van der Waals surface area contributed by atoms with E-state index in [9.17, 15) is 17.2 Å². The van der Waals surface area contributed by atoms with Gasteiger partial charge < -0.3 is 0 Å². The smallest absolute Gasteiger partial charge is 0.207 e. The predicted octanol–water partition coefficient (Wildman–Crippen LogP) is 3.78. The first-order chi connectivity index (χ1) is 9.23. The summed E-state index contributed by atoms with van der Waals surface area (Å²) in [4.78, 5) is -0.510. The molecule has 1 unspecified atom stereocenters. The SMILES string of the molecule is CCC(C)CN(CC)S(=O)(=O)c1c(F)cc(F)cc1Br. The van der Waals surface area contributed by atoms with Gasteiger partial charge in [0.25, 0.3) is 0 Å². The summed E-state index contributed by atoms with van der Waals surface area (Å²) >= 11 is 2.93. The highest BCUT2D eigenvalue weighted by Crippen LogP contribution is 2.29. The number of hydrogen-bond acceptors (Lipinski definition) is 2. The van der Waals surface area contributed by atoms with E-state index in [1.807, 2.05) is 13.8 Å². The molecule has 0 fully saturated rings. The standard InChI is InChI=1S/C13H18BrF2NO2S/c1-4-9(3)8-17(5-2)20(18,19)13-11(14)6-10(15)7-12(13)16/h6-7,9H,4-5,8H2,1-3H3. The maximum absolute atomic E-state index is 13.8. The van der Waals surface area contributed by atoms with E-state index in [1.165, 1.54) is 4.31 Å². The quantitative estimate of drug-likeness (QED) is 0.764. The molecular weight excluding hydrogens is 352 g/mol. The van der Waals surface area contributed by atoms with E-state index in [-0.39, 0.29) is 16.9 Å². The number of rotatable bonds is 6. The van der Waals surface area contributed by atoms with Crippen molar-refractivity contribution >= 4 is 26.0 Å². The molecule has 1 aromatic rings. The van der Waals surface area contributed by atoms with E-state index in [4.69, 9.17) is 0 Å². The molecule has 0 aromatic heterocycles. The highest BCUT2D eigenvalue weighted by molar-refractivity contribution is 9.10. The van der Waals surface area contributed by atoms with E-state index in [1.54, 1.807) is 6.92 Å². The fourth-order valence-corrected chi connectivity index (χ4v) is 4.46. The van der Waals surface area contributed by atoms with Crippen molar-refractivity contribution in [1.29, 1.82) is 0 Å². The molecule has 3 nitrogen and oxygen atoms in total. The molecule has 0 heterocycles. The maximum Gasteiger partial charge on any atom is 0.247 e. The zero-order valence-electron chi connectivity index (χ0n) is 11.7. The van der Waals surface area contributed by atoms with Crippen LogP contribution >= 0.6 is 15.9 Å². The van der Waals surface area contributed by atoms with Crippen LogP contribution in [-0.4, -0.2) is 25.8 Å². The average molecular weight is 370 g/mol. The van der Waals surface area contributed by atoms with Crippen LogP contribution in [0.2, 0.25) is 0 Å². The first-order valence-corrected chi connectivity index (χ1v) is 8.62. The van der Waals surface area contributed by atoms with Crippen molar-refractivity contribution in [3.05, 3.63) is 28.2 Å². The summed E-state index contributed by atoms with van der Waals surface area (Å²) in [5, 5.41) is 0.